The minimum atomic E-state index is 0.112. The maximum Gasteiger partial charge on any atom is 0.222 e. The molecule has 5 nitrogen and oxygen atoms in total. The highest BCUT2D eigenvalue weighted by Crippen LogP contribution is 2.08. The van der Waals surface area contributed by atoms with Crippen LogP contribution in [0.4, 0.5) is 0 Å². The van der Waals surface area contributed by atoms with Crippen LogP contribution in [0.15, 0.2) is 18.5 Å². The second kappa shape index (κ2) is 5.82. The van der Waals surface area contributed by atoms with Crippen molar-refractivity contribution in [3.8, 4) is 0 Å². The van der Waals surface area contributed by atoms with Gasteiger partial charge in [-0.3, -0.25) is 9.48 Å². The SMILES string of the molecule is CC1NCCCC1NC(=O)CCn1cccn1. The number of hydrogen-bond acceptors (Lipinski definition) is 3. The van der Waals surface area contributed by atoms with Crippen LogP contribution in [-0.4, -0.2) is 34.3 Å². The van der Waals surface area contributed by atoms with Crippen LogP contribution in [-0.2, 0) is 11.3 Å². The normalized spacial score (nSPS) is 24.5. The van der Waals surface area contributed by atoms with Crippen LogP contribution in [0.1, 0.15) is 26.2 Å². The Balaban J connectivity index is 1.73. The lowest BCUT2D eigenvalue weighted by atomic mass is 10.00. The van der Waals surface area contributed by atoms with Gasteiger partial charge >= 0.3 is 0 Å². The molecule has 2 unspecified atom stereocenters. The molecule has 2 N–H and O–H groups in total. The van der Waals surface area contributed by atoms with Crippen molar-refractivity contribution in [1.82, 2.24) is 20.4 Å². The topological polar surface area (TPSA) is 58.9 Å². The van der Waals surface area contributed by atoms with Crippen LogP contribution in [0, 0.1) is 0 Å². The van der Waals surface area contributed by atoms with Crippen molar-refractivity contribution in [1.29, 1.82) is 0 Å². The minimum Gasteiger partial charge on any atom is -0.352 e. The summed E-state index contributed by atoms with van der Waals surface area (Å²) in [5, 5.41) is 10.5. The Morgan fingerprint density at radius 3 is 3.24 bits per heavy atom. The zero-order chi connectivity index (χ0) is 12.1. The maximum atomic E-state index is 11.8. The first-order valence-electron chi connectivity index (χ1n) is 6.26. The third kappa shape index (κ3) is 3.56. The highest BCUT2D eigenvalue weighted by molar-refractivity contribution is 5.76. The number of aryl methyl sites for hydroxylation is 1. The van der Waals surface area contributed by atoms with Crippen LogP contribution < -0.4 is 10.6 Å². The molecule has 2 atom stereocenters. The predicted octanol–water partition coefficient (Wildman–Crippen LogP) is 0.530. The Morgan fingerprint density at radius 1 is 1.65 bits per heavy atom. The van der Waals surface area contributed by atoms with Crippen LogP contribution >= 0.6 is 0 Å². The second-order valence-electron chi connectivity index (χ2n) is 4.58. The van der Waals surface area contributed by atoms with Gasteiger partial charge in [-0.1, -0.05) is 0 Å². The lowest BCUT2D eigenvalue weighted by molar-refractivity contribution is -0.122. The highest BCUT2D eigenvalue weighted by atomic mass is 16.1. The molecule has 1 saturated heterocycles. The van der Waals surface area contributed by atoms with Gasteiger partial charge in [0.2, 0.25) is 5.91 Å². The molecule has 1 aliphatic heterocycles. The van der Waals surface area contributed by atoms with E-state index >= 15 is 0 Å². The minimum absolute atomic E-state index is 0.112. The number of piperidine rings is 1. The fourth-order valence-corrected chi connectivity index (χ4v) is 2.17. The second-order valence-corrected chi connectivity index (χ2v) is 4.58. The summed E-state index contributed by atoms with van der Waals surface area (Å²) in [6.45, 7) is 3.83. The van der Waals surface area contributed by atoms with E-state index in [9.17, 15) is 4.79 Å². The Bertz CT molecular complexity index is 349. The van der Waals surface area contributed by atoms with Crippen LogP contribution in [0.5, 0.6) is 0 Å². The summed E-state index contributed by atoms with van der Waals surface area (Å²) in [5.74, 6) is 0.112. The molecule has 1 aliphatic rings. The van der Waals surface area contributed by atoms with Gasteiger partial charge in [-0.15, -0.1) is 0 Å². The van der Waals surface area contributed by atoms with Crippen LogP contribution in [0.2, 0.25) is 0 Å². The van der Waals surface area contributed by atoms with Gasteiger partial charge in [-0.05, 0) is 32.4 Å². The molecule has 94 valence electrons. The van der Waals surface area contributed by atoms with Crippen molar-refractivity contribution in [2.75, 3.05) is 6.54 Å². The number of carbonyl (C=O) groups is 1. The van der Waals surface area contributed by atoms with E-state index < -0.39 is 0 Å². The van der Waals surface area contributed by atoms with E-state index in [1.807, 2.05) is 12.3 Å². The summed E-state index contributed by atoms with van der Waals surface area (Å²) in [5.41, 5.74) is 0. The third-order valence-corrected chi connectivity index (χ3v) is 3.24. The van der Waals surface area contributed by atoms with Crippen molar-refractivity contribution < 1.29 is 4.79 Å². The quantitative estimate of drug-likeness (QED) is 0.801. The molecule has 0 radical (unpaired) electrons. The van der Waals surface area contributed by atoms with Gasteiger partial charge in [0.15, 0.2) is 0 Å². The Kier molecular flexibility index (Phi) is 4.14. The smallest absolute Gasteiger partial charge is 0.222 e. The monoisotopic (exact) mass is 236 g/mol. The van der Waals surface area contributed by atoms with Crippen molar-refractivity contribution >= 4 is 5.91 Å². The highest BCUT2D eigenvalue weighted by Gasteiger charge is 2.21. The van der Waals surface area contributed by atoms with E-state index in [2.05, 4.69) is 22.7 Å². The summed E-state index contributed by atoms with van der Waals surface area (Å²) in [7, 11) is 0. The molecular formula is C12H20N4O. The molecule has 2 rings (SSSR count). The summed E-state index contributed by atoms with van der Waals surface area (Å²) >= 11 is 0. The fraction of sp³-hybridized carbons (Fsp3) is 0.667. The number of rotatable bonds is 4. The summed E-state index contributed by atoms with van der Waals surface area (Å²) in [4.78, 5) is 11.8. The molecule has 1 aromatic rings. The Labute approximate surface area is 102 Å². The first-order valence-corrected chi connectivity index (χ1v) is 6.26. The number of hydrogen-bond donors (Lipinski definition) is 2. The molecule has 1 aromatic heterocycles. The van der Waals surface area contributed by atoms with Gasteiger partial charge in [0.25, 0.3) is 0 Å². The maximum absolute atomic E-state index is 11.8. The average molecular weight is 236 g/mol. The standard InChI is InChI=1S/C12H20N4O/c1-10-11(4-2-6-13-10)15-12(17)5-9-16-8-3-7-14-16/h3,7-8,10-11,13H,2,4-6,9H2,1H3,(H,15,17). The van der Waals surface area contributed by atoms with Crippen molar-refractivity contribution in [3.63, 3.8) is 0 Å². The molecule has 1 amide bonds. The molecule has 0 spiro atoms. The van der Waals surface area contributed by atoms with Gasteiger partial charge in [0.1, 0.15) is 0 Å². The van der Waals surface area contributed by atoms with E-state index in [1.165, 1.54) is 0 Å². The van der Waals surface area contributed by atoms with Gasteiger partial charge in [-0.2, -0.15) is 5.10 Å². The van der Waals surface area contributed by atoms with E-state index in [-0.39, 0.29) is 11.9 Å². The molecular weight excluding hydrogens is 216 g/mol. The number of nitrogens with one attached hydrogen (secondary N) is 2. The van der Waals surface area contributed by atoms with E-state index in [1.54, 1.807) is 10.9 Å². The summed E-state index contributed by atoms with van der Waals surface area (Å²) in [6.07, 6.45) is 6.30. The van der Waals surface area contributed by atoms with Gasteiger partial charge in [0.05, 0.1) is 0 Å². The van der Waals surface area contributed by atoms with Gasteiger partial charge in [-0.25, -0.2) is 0 Å². The summed E-state index contributed by atoms with van der Waals surface area (Å²) < 4.78 is 1.78. The van der Waals surface area contributed by atoms with Crippen molar-refractivity contribution in [2.45, 2.75) is 44.8 Å². The zero-order valence-corrected chi connectivity index (χ0v) is 10.2. The zero-order valence-electron chi connectivity index (χ0n) is 10.2. The van der Waals surface area contributed by atoms with Crippen LogP contribution in [0.25, 0.3) is 0 Å². The molecule has 1 fully saturated rings. The van der Waals surface area contributed by atoms with Gasteiger partial charge < -0.3 is 10.6 Å². The molecule has 17 heavy (non-hydrogen) atoms. The molecule has 0 bridgehead atoms. The predicted molar refractivity (Wildman–Crippen MR) is 65.5 cm³/mol. The lowest BCUT2D eigenvalue weighted by Crippen LogP contribution is -2.52. The first kappa shape index (κ1) is 12.1. The number of amides is 1. The van der Waals surface area contributed by atoms with E-state index in [0.717, 1.165) is 19.4 Å². The fourth-order valence-electron chi connectivity index (χ4n) is 2.17. The molecule has 5 heteroatoms. The van der Waals surface area contributed by atoms with E-state index in [4.69, 9.17) is 0 Å². The first-order chi connectivity index (χ1) is 8.25. The van der Waals surface area contributed by atoms with Gasteiger partial charge in [0, 0.05) is 37.4 Å². The number of carbonyl (C=O) groups excluding carboxylic acids is 1. The number of aromatic nitrogens is 2. The molecule has 2 heterocycles. The molecule has 0 saturated carbocycles. The average Bonchev–Trinajstić information content (AvgIpc) is 2.82. The summed E-state index contributed by atoms with van der Waals surface area (Å²) in [6, 6.07) is 2.51. The van der Waals surface area contributed by atoms with Crippen molar-refractivity contribution in [3.05, 3.63) is 18.5 Å². The number of nitrogens with zero attached hydrogens (tertiary/aromatic N) is 2. The van der Waals surface area contributed by atoms with Crippen molar-refractivity contribution in [2.24, 2.45) is 0 Å². The molecule has 0 aromatic carbocycles. The molecule has 0 aliphatic carbocycles. The Hall–Kier alpha value is -1.36. The largest absolute Gasteiger partial charge is 0.352 e. The lowest BCUT2D eigenvalue weighted by Gasteiger charge is -2.30. The Morgan fingerprint density at radius 2 is 2.53 bits per heavy atom. The van der Waals surface area contributed by atoms with Crippen LogP contribution in [0.3, 0.4) is 0 Å². The van der Waals surface area contributed by atoms with E-state index in [0.29, 0.717) is 19.0 Å². The third-order valence-electron chi connectivity index (χ3n) is 3.24.